The van der Waals surface area contributed by atoms with Gasteiger partial charge < -0.3 is 168 Å². The van der Waals surface area contributed by atoms with Crippen molar-refractivity contribution >= 4 is 0 Å². The lowest BCUT2D eigenvalue weighted by atomic mass is 9.95. The van der Waals surface area contributed by atoms with Crippen LogP contribution < -0.4 is 0 Å². The standard InChI is InChI=1S/C42H69N3O34/c43-45-44-1-8-29-15(52)22(59)36(66-8)74-30-9(2-46)68-38(24(61)17(30)54)76-32-11(4-48)70-40(26(63)19(32)56)78-34-13(6-50)72-42(28(65)21(34)58)79-35-14(7-51)71-41(27(64)20(35)57)77-33-12(5-49)69-39(25(62)18(33)55)75-31-10(3-47)67-37(73-29)23(60)16(31)53/h8-42,46-65H,1-7H2/t8?,9?,10?,11?,12?,13?,14?,15?,16?,17?,18?,19?,20?,21?,22?,23?,24?,25?,26?,27?,28?,29-,30-,31-,32-,33-,34-,35-,36-,37-,38-,39-,40-,41-,42-/m1/s1. The molecule has 20 N–H and O–H groups in total. The van der Waals surface area contributed by atoms with Gasteiger partial charge in [-0.15, -0.1) is 0 Å². The number of nitrogens with zero attached hydrogens (tertiary/aromatic N) is 3. The molecule has 0 saturated carbocycles. The van der Waals surface area contributed by atoms with Crippen molar-refractivity contribution in [3.8, 4) is 0 Å². The summed E-state index contributed by atoms with van der Waals surface area (Å²) >= 11 is 0. The molecule has 0 radical (unpaired) electrons. The largest absolute Gasteiger partial charge is 0.394 e. The summed E-state index contributed by atoms with van der Waals surface area (Å²) in [5.74, 6) is 0. The van der Waals surface area contributed by atoms with Crippen LogP contribution in [0.15, 0.2) is 5.11 Å². The number of hydrogen-bond donors (Lipinski definition) is 20. The van der Waals surface area contributed by atoms with Gasteiger partial charge in [0, 0.05) is 4.91 Å². The van der Waals surface area contributed by atoms with Gasteiger partial charge in [0.2, 0.25) is 0 Å². The molecule has 0 aromatic rings. The number of hydrogen-bond acceptors (Lipinski definition) is 35. The molecule has 79 heavy (non-hydrogen) atoms. The Morgan fingerprint density at radius 2 is 0.392 bits per heavy atom. The average Bonchev–Trinajstić information content (AvgIpc) is 3.46. The third kappa shape index (κ3) is 12.5. The summed E-state index contributed by atoms with van der Waals surface area (Å²) in [6.07, 6.45) is -70.7. The highest BCUT2D eigenvalue weighted by molar-refractivity contribution is 5.02. The predicted molar refractivity (Wildman–Crippen MR) is 235 cm³/mol. The van der Waals surface area contributed by atoms with Crippen LogP contribution in [0.4, 0.5) is 0 Å². The summed E-state index contributed by atoms with van der Waals surface area (Å²) < 4.78 is 79.9. The number of rotatable bonds is 8. The van der Waals surface area contributed by atoms with Crippen LogP contribution in [-0.4, -0.2) is 363 Å². The third-order valence-corrected chi connectivity index (χ3v) is 14.9. The van der Waals surface area contributed by atoms with Gasteiger partial charge in [-0.2, -0.15) is 0 Å². The Bertz CT molecular complexity index is 1960. The smallest absolute Gasteiger partial charge is 0.187 e. The van der Waals surface area contributed by atoms with Gasteiger partial charge in [0.05, 0.1) is 52.3 Å². The zero-order valence-electron chi connectivity index (χ0n) is 41.2. The molecule has 35 atom stereocenters. The van der Waals surface area contributed by atoms with Crippen molar-refractivity contribution in [3.63, 3.8) is 0 Å². The maximum absolute atomic E-state index is 11.5. The van der Waals surface area contributed by atoms with E-state index in [1.807, 2.05) is 0 Å². The van der Waals surface area contributed by atoms with Crippen molar-refractivity contribution in [2.75, 3.05) is 46.2 Å². The van der Waals surface area contributed by atoms with Crippen LogP contribution in [0.1, 0.15) is 0 Å². The Hall–Kier alpha value is -2.05. The van der Waals surface area contributed by atoms with Crippen LogP contribution in [0, 0.1) is 0 Å². The highest BCUT2D eigenvalue weighted by Gasteiger charge is 2.59. The van der Waals surface area contributed by atoms with E-state index in [4.69, 9.17) is 66.3 Å². The van der Waals surface area contributed by atoms with Gasteiger partial charge in [-0.3, -0.25) is 0 Å². The summed E-state index contributed by atoms with van der Waals surface area (Å²) in [5, 5.41) is 224. The molecule has 37 nitrogen and oxygen atoms in total. The fourth-order valence-electron chi connectivity index (χ4n) is 10.5. The van der Waals surface area contributed by atoms with Gasteiger partial charge >= 0.3 is 0 Å². The molecule has 456 valence electrons. The third-order valence-electron chi connectivity index (χ3n) is 14.9. The lowest BCUT2D eigenvalue weighted by Gasteiger charge is -2.50. The molecule has 21 heterocycles. The molecular formula is C42H69N3O34. The molecule has 37 heteroatoms. The summed E-state index contributed by atoms with van der Waals surface area (Å²) in [5.41, 5.74) is 9.19. The maximum Gasteiger partial charge on any atom is 0.187 e. The van der Waals surface area contributed by atoms with Gasteiger partial charge in [0.15, 0.2) is 44.0 Å². The van der Waals surface area contributed by atoms with Crippen LogP contribution >= 0.6 is 0 Å². The summed E-state index contributed by atoms with van der Waals surface area (Å²) in [6, 6.07) is 0. The second-order valence-electron chi connectivity index (χ2n) is 19.9. The van der Waals surface area contributed by atoms with Crippen molar-refractivity contribution in [2.45, 2.75) is 215 Å². The monoisotopic (exact) mass is 1160 g/mol. The first-order valence-corrected chi connectivity index (χ1v) is 25.0. The average molecular weight is 1160 g/mol. The first kappa shape index (κ1) is 63.0. The Labute approximate surface area is 444 Å². The molecule has 14 bridgehead atoms. The molecule has 21 saturated heterocycles. The first-order chi connectivity index (χ1) is 37.7. The fourth-order valence-corrected chi connectivity index (χ4v) is 10.5. The van der Waals surface area contributed by atoms with Gasteiger partial charge in [-0.05, 0) is 5.53 Å². The van der Waals surface area contributed by atoms with Gasteiger partial charge in [0.1, 0.15) is 165 Å². The quantitative estimate of drug-likeness (QED) is 0.0610. The number of aliphatic hydroxyl groups is 20. The van der Waals surface area contributed by atoms with E-state index in [1.165, 1.54) is 0 Å². The minimum Gasteiger partial charge on any atom is -0.394 e. The molecule has 21 fully saturated rings. The molecule has 21 unspecified atom stereocenters. The van der Waals surface area contributed by atoms with Crippen LogP contribution in [-0.2, 0) is 66.3 Å². The van der Waals surface area contributed by atoms with E-state index in [0.717, 1.165) is 0 Å². The van der Waals surface area contributed by atoms with E-state index in [1.54, 1.807) is 0 Å². The molecule has 0 aliphatic carbocycles. The van der Waals surface area contributed by atoms with Crippen molar-refractivity contribution in [3.05, 3.63) is 10.4 Å². The lowest BCUT2D eigenvalue weighted by molar-refractivity contribution is -0.396. The second kappa shape index (κ2) is 26.9. The molecular weight excluding hydrogens is 1090 g/mol. The van der Waals surface area contributed by atoms with Crippen molar-refractivity contribution < 1.29 is 168 Å². The summed E-state index contributed by atoms with van der Waals surface area (Å²) in [4.78, 5) is 2.64. The summed E-state index contributed by atoms with van der Waals surface area (Å²) in [6.45, 7) is -7.08. The SMILES string of the molecule is [N-]=[N+]=NCC1O[C@@H]2O[C@@H]3C(CO)O[C@H](O[C@@H]4C(CO)O[C@H](O[C@@H]5C(CO)O[C@H](O[C@@H]6C(CO)O[C@H](O[C@@H]7C(CO)O[C@H](O[C@@H]8C(CO)O[C@H](O[C@H]1C(O)C2O)C(O)C8O)C(O)C7O)C(O)C6O)C(O)C5O)C(O)C4O)C(O)C3O. The van der Waals surface area contributed by atoms with E-state index in [9.17, 15) is 108 Å². The van der Waals surface area contributed by atoms with Crippen LogP contribution in [0.25, 0.3) is 10.4 Å². The van der Waals surface area contributed by atoms with E-state index in [-0.39, 0.29) is 0 Å². The van der Waals surface area contributed by atoms with Crippen LogP contribution in [0.3, 0.4) is 0 Å². The molecule has 21 aliphatic heterocycles. The molecule has 21 aliphatic rings. The number of ether oxygens (including phenoxy) is 14. The van der Waals surface area contributed by atoms with Crippen LogP contribution in [0.5, 0.6) is 0 Å². The first-order valence-electron chi connectivity index (χ1n) is 25.0. The molecule has 0 aromatic heterocycles. The van der Waals surface area contributed by atoms with Gasteiger partial charge in [-0.25, -0.2) is 0 Å². The normalized spacial score (nSPS) is 54.1. The van der Waals surface area contributed by atoms with Crippen molar-refractivity contribution in [2.24, 2.45) is 5.11 Å². The van der Waals surface area contributed by atoms with E-state index >= 15 is 0 Å². The Morgan fingerprint density at radius 1 is 0.241 bits per heavy atom. The highest BCUT2D eigenvalue weighted by atomic mass is 16.8. The van der Waals surface area contributed by atoms with Crippen LogP contribution in [0.2, 0.25) is 0 Å². The lowest BCUT2D eigenvalue weighted by Crippen LogP contribution is -2.68. The minimum absolute atomic E-state index is 0.745. The van der Waals surface area contributed by atoms with Crippen molar-refractivity contribution in [1.82, 2.24) is 0 Å². The van der Waals surface area contributed by atoms with E-state index < -0.39 is 261 Å². The molecule has 0 amide bonds. The minimum atomic E-state index is -2.23. The fraction of sp³-hybridized carbons (Fsp3) is 1.00. The second-order valence-corrected chi connectivity index (χ2v) is 19.9. The molecule has 0 spiro atoms. The van der Waals surface area contributed by atoms with Gasteiger partial charge in [-0.1, -0.05) is 5.11 Å². The van der Waals surface area contributed by atoms with E-state index in [2.05, 4.69) is 10.0 Å². The Morgan fingerprint density at radius 3 is 0.544 bits per heavy atom. The predicted octanol–water partition coefficient (Wildman–Crippen LogP) is -13.9. The number of azide groups is 1. The molecule has 21 rings (SSSR count). The molecule has 0 aromatic carbocycles. The summed E-state index contributed by atoms with van der Waals surface area (Å²) in [7, 11) is 0. The van der Waals surface area contributed by atoms with E-state index in [0.29, 0.717) is 0 Å². The Balaban J connectivity index is 1.09. The zero-order chi connectivity index (χ0) is 57.5. The zero-order valence-corrected chi connectivity index (χ0v) is 41.2. The highest BCUT2D eigenvalue weighted by Crippen LogP contribution is 2.39. The number of aliphatic hydroxyl groups excluding tert-OH is 20. The Kier molecular flexibility index (Phi) is 21.4. The topological polar surface area (TPSA) is 583 Å². The maximum atomic E-state index is 11.5. The van der Waals surface area contributed by atoms with Crippen molar-refractivity contribution in [1.29, 1.82) is 0 Å². The van der Waals surface area contributed by atoms with Gasteiger partial charge in [0.25, 0.3) is 0 Å².